The molecule has 0 N–H and O–H groups in total. The van der Waals surface area contributed by atoms with Gasteiger partial charge in [-0.15, -0.1) is 0 Å². The Morgan fingerprint density at radius 3 is 2.63 bits per heavy atom. The number of hydrogen-bond acceptors (Lipinski definition) is 1. The van der Waals surface area contributed by atoms with E-state index >= 15 is 0 Å². The van der Waals surface area contributed by atoms with E-state index in [1.807, 2.05) is 6.07 Å². The van der Waals surface area contributed by atoms with Crippen LogP contribution in [0.3, 0.4) is 0 Å². The Kier molecular flexibility index (Phi) is 2.55. The van der Waals surface area contributed by atoms with Crippen molar-refractivity contribution in [1.29, 1.82) is 0 Å². The molecule has 95 valence electrons. The summed E-state index contributed by atoms with van der Waals surface area (Å²) in [6.07, 6.45) is -1.61. The number of aromatic nitrogens is 2. The van der Waals surface area contributed by atoms with Crippen LogP contribution in [0.15, 0.2) is 48.8 Å². The molecule has 0 aliphatic heterocycles. The summed E-state index contributed by atoms with van der Waals surface area (Å²) in [5.41, 5.74) is -0.114. The second-order valence-electron chi connectivity index (χ2n) is 4.03. The van der Waals surface area contributed by atoms with Gasteiger partial charge >= 0.3 is 6.18 Å². The van der Waals surface area contributed by atoms with Gasteiger partial charge in [-0.25, -0.2) is 4.98 Å². The molecule has 2 nitrogen and oxygen atoms in total. The minimum atomic E-state index is -4.44. The molecule has 5 heteroatoms. The Morgan fingerprint density at radius 2 is 1.84 bits per heavy atom. The van der Waals surface area contributed by atoms with Crippen molar-refractivity contribution in [3.8, 4) is 5.82 Å². The first-order valence-electron chi connectivity index (χ1n) is 5.58. The Hall–Kier alpha value is -2.30. The van der Waals surface area contributed by atoms with E-state index in [2.05, 4.69) is 11.1 Å². The fourth-order valence-electron chi connectivity index (χ4n) is 1.99. The smallest absolute Gasteiger partial charge is 0.300 e. The number of para-hydroxylation sites is 1. The van der Waals surface area contributed by atoms with Gasteiger partial charge in [0, 0.05) is 23.8 Å². The van der Waals surface area contributed by atoms with Crippen molar-refractivity contribution in [2.24, 2.45) is 0 Å². The first-order chi connectivity index (χ1) is 9.07. The van der Waals surface area contributed by atoms with Crippen molar-refractivity contribution in [3.05, 3.63) is 60.4 Å². The summed E-state index contributed by atoms with van der Waals surface area (Å²) in [4.78, 5) is 3.86. The van der Waals surface area contributed by atoms with Gasteiger partial charge in [-0.05, 0) is 18.2 Å². The van der Waals surface area contributed by atoms with Crippen LogP contribution in [-0.4, -0.2) is 9.55 Å². The molecule has 0 spiro atoms. The topological polar surface area (TPSA) is 17.8 Å². The molecule has 0 saturated carbocycles. The standard InChI is InChI=1S/C14H8F3N2/c15-14(16,17)11-5-3-8-18-13(11)19-9-7-10-4-1-2-6-12(10)19/h1-6,8-9H. The Labute approximate surface area is 107 Å². The van der Waals surface area contributed by atoms with Crippen molar-refractivity contribution in [3.63, 3.8) is 0 Å². The highest BCUT2D eigenvalue weighted by Gasteiger charge is 2.34. The van der Waals surface area contributed by atoms with E-state index in [1.165, 1.54) is 23.0 Å². The van der Waals surface area contributed by atoms with Crippen LogP contribution in [0.4, 0.5) is 13.2 Å². The molecular weight excluding hydrogens is 253 g/mol. The van der Waals surface area contributed by atoms with E-state index in [0.29, 0.717) is 5.52 Å². The molecule has 0 aliphatic carbocycles. The molecule has 19 heavy (non-hydrogen) atoms. The predicted molar refractivity (Wildman–Crippen MR) is 64.9 cm³/mol. The molecule has 0 atom stereocenters. The number of pyridine rings is 1. The monoisotopic (exact) mass is 261 g/mol. The summed E-state index contributed by atoms with van der Waals surface area (Å²) in [6, 6.07) is 12.3. The average molecular weight is 261 g/mol. The van der Waals surface area contributed by atoms with Crippen LogP contribution in [0, 0.1) is 6.07 Å². The summed E-state index contributed by atoms with van der Waals surface area (Å²) in [5.74, 6) is -0.132. The molecule has 0 unspecified atom stereocenters. The van der Waals surface area contributed by atoms with Gasteiger partial charge in [0.05, 0.1) is 11.1 Å². The highest BCUT2D eigenvalue weighted by Crippen LogP contribution is 2.33. The van der Waals surface area contributed by atoms with Crippen LogP contribution in [-0.2, 0) is 6.18 Å². The average Bonchev–Trinajstić information content (AvgIpc) is 2.81. The van der Waals surface area contributed by atoms with E-state index in [4.69, 9.17) is 0 Å². The van der Waals surface area contributed by atoms with Gasteiger partial charge in [0.2, 0.25) is 0 Å². The summed E-state index contributed by atoms with van der Waals surface area (Å²) >= 11 is 0. The second kappa shape index (κ2) is 4.12. The number of rotatable bonds is 1. The maximum absolute atomic E-state index is 13.0. The third-order valence-corrected chi connectivity index (χ3v) is 2.83. The molecule has 1 radical (unpaired) electrons. The zero-order valence-electron chi connectivity index (χ0n) is 9.65. The third kappa shape index (κ3) is 1.97. The molecule has 2 aromatic heterocycles. The lowest BCUT2D eigenvalue weighted by molar-refractivity contribution is -0.137. The fourth-order valence-corrected chi connectivity index (χ4v) is 1.99. The van der Waals surface area contributed by atoms with Crippen LogP contribution < -0.4 is 0 Å². The van der Waals surface area contributed by atoms with Gasteiger partial charge in [0.25, 0.3) is 0 Å². The number of fused-ring (bicyclic) bond motifs is 1. The molecule has 0 saturated heterocycles. The van der Waals surface area contributed by atoms with Crippen molar-refractivity contribution in [1.82, 2.24) is 9.55 Å². The van der Waals surface area contributed by atoms with Crippen LogP contribution in [0.2, 0.25) is 0 Å². The normalized spacial score (nSPS) is 11.9. The third-order valence-electron chi connectivity index (χ3n) is 2.83. The number of hydrogen-bond donors (Lipinski definition) is 0. The predicted octanol–water partition coefficient (Wildman–Crippen LogP) is 3.84. The Bertz CT molecular complexity index is 729. The summed E-state index contributed by atoms with van der Waals surface area (Å²) in [6.45, 7) is 0. The van der Waals surface area contributed by atoms with E-state index in [9.17, 15) is 13.2 Å². The maximum atomic E-state index is 13.0. The molecule has 0 bridgehead atoms. The van der Waals surface area contributed by atoms with Gasteiger partial charge in [-0.1, -0.05) is 18.2 Å². The number of alkyl halides is 3. The van der Waals surface area contributed by atoms with E-state index < -0.39 is 11.7 Å². The Balaban J connectivity index is 2.28. The van der Waals surface area contributed by atoms with Crippen LogP contribution in [0.25, 0.3) is 16.7 Å². The highest BCUT2D eigenvalue weighted by molar-refractivity contribution is 5.81. The van der Waals surface area contributed by atoms with Gasteiger partial charge in [0.15, 0.2) is 0 Å². The lowest BCUT2D eigenvalue weighted by Crippen LogP contribution is -2.11. The first kappa shape index (κ1) is 11.8. The van der Waals surface area contributed by atoms with Crippen LogP contribution in [0.5, 0.6) is 0 Å². The van der Waals surface area contributed by atoms with Gasteiger partial charge in [-0.3, -0.25) is 0 Å². The van der Waals surface area contributed by atoms with E-state index in [0.717, 1.165) is 11.5 Å². The zero-order chi connectivity index (χ0) is 13.5. The fraction of sp³-hybridized carbons (Fsp3) is 0.0714. The SMILES string of the molecule is FC(F)(F)c1cccnc1-n1c[c]c2ccccc21. The van der Waals surface area contributed by atoms with Gasteiger partial charge < -0.3 is 4.57 Å². The molecule has 3 aromatic rings. The van der Waals surface area contributed by atoms with E-state index in [-0.39, 0.29) is 5.82 Å². The summed E-state index contributed by atoms with van der Waals surface area (Å²) in [5, 5.41) is 0.751. The number of halogens is 3. The van der Waals surface area contributed by atoms with Crippen LogP contribution >= 0.6 is 0 Å². The molecule has 3 rings (SSSR count). The maximum Gasteiger partial charge on any atom is 0.419 e. The summed E-state index contributed by atoms with van der Waals surface area (Å²) < 4.78 is 40.3. The first-order valence-corrected chi connectivity index (χ1v) is 5.58. The second-order valence-corrected chi connectivity index (χ2v) is 4.03. The van der Waals surface area contributed by atoms with Crippen molar-refractivity contribution < 1.29 is 13.2 Å². The number of nitrogens with zero attached hydrogens (tertiary/aromatic N) is 2. The van der Waals surface area contributed by atoms with Gasteiger partial charge in [-0.2, -0.15) is 13.2 Å². The van der Waals surface area contributed by atoms with Crippen molar-refractivity contribution in [2.75, 3.05) is 0 Å². The molecule has 0 amide bonds. The van der Waals surface area contributed by atoms with Crippen LogP contribution in [0.1, 0.15) is 5.56 Å². The minimum Gasteiger partial charge on any atom is -0.300 e. The lowest BCUT2D eigenvalue weighted by Gasteiger charge is -2.12. The molecular formula is C14H8F3N2. The van der Waals surface area contributed by atoms with Crippen molar-refractivity contribution in [2.45, 2.75) is 6.18 Å². The molecule has 0 aliphatic rings. The lowest BCUT2D eigenvalue weighted by atomic mass is 10.2. The van der Waals surface area contributed by atoms with Crippen molar-refractivity contribution >= 4 is 10.9 Å². The zero-order valence-corrected chi connectivity index (χ0v) is 9.65. The van der Waals surface area contributed by atoms with Gasteiger partial charge in [0.1, 0.15) is 5.82 Å². The van der Waals surface area contributed by atoms with E-state index in [1.54, 1.807) is 18.2 Å². The molecule has 0 fully saturated rings. The quantitative estimate of drug-likeness (QED) is 0.650. The highest BCUT2D eigenvalue weighted by atomic mass is 19.4. The molecule has 1 aromatic carbocycles. The number of benzene rings is 1. The minimum absolute atomic E-state index is 0.132. The largest absolute Gasteiger partial charge is 0.419 e. The Morgan fingerprint density at radius 1 is 1.05 bits per heavy atom. The molecule has 2 heterocycles. The summed E-state index contributed by atoms with van der Waals surface area (Å²) in [7, 11) is 0.